The number of anilines is 1. The molecule has 0 fully saturated rings. The van der Waals surface area contributed by atoms with Gasteiger partial charge in [-0.05, 0) is 47.8 Å². The lowest BCUT2D eigenvalue weighted by Gasteiger charge is -2.17. The molecule has 0 aliphatic heterocycles. The predicted octanol–water partition coefficient (Wildman–Crippen LogP) is 1.76. The number of hydrogen-bond acceptors (Lipinski definition) is 5. The molecule has 5 N–H and O–H groups in total. The number of carbonyl (C=O) groups is 1. The summed E-state index contributed by atoms with van der Waals surface area (Å²) in [5.74, 6) is -1.19. The molecule has 0 amide bonds. The van der Waals surface area contributed by atoms with Crippen molar-refractivity contribution in [2.75, 3.05) is 5.73 Å². The monoisotopic (exact) mass is 377 g/mol. The van der Waals surface area contributed by atoms with Gasteiger partial charge in [-0.2, -0.15) is 0 Å². The highest BCUT2D eigenvalue weighted by atomic mass is 35.5. The Morgan fingerprint density at radius 3 is 2.81 bits per heavy atom. The Bertz CT molecular complexity index is 811. The fourth-order valence-electron chi connectivity index (χ4n) is 3.74. The van der Waals surface area contributed by atoms with Crippen molar-refractivity contribution in [1.82, 2.24) is 9.55 Å². The number of aromatic nitrogens is 2. The molecule has 0 spiro atoms. The molecular formula is C17H21BClN3O4. The van der Waals surface area contributed by atoms with Crippen molar-refractivity contribution in [3.8, 4) is 0 Å². The van der Waals surface area contributed by atoms with E-state index in [1.165, 1.54) is 0 Å². The minimum Gasteiger partial charge on any atom is -0.481 e. The van der Waals surface area contributed by atoms with Crippen molar-refractivity contribution < 1.29 is 19.9 Å². The third-order valence-electron chi connectivity index (χ3n) is 4.99. The Morgan fingerprint density at radius 2 is 2.19 bits per heavy atom. The normalized spacial score (nSPS) is 18.7. The molecule has 2 atom stereocenters. The molecule has 9 heteroatoms. The molecule has 3 rings (SSSR count). The molecule has 26 heavy (non-hydrogen) atoms. The largest absolute Gasteiger partial charge is 0.481 e. The van der Waals surface area contributed by atoms with Gasteiger partial charge in [0.1, 0.15) is 0 Å². The van der Waals surface area contributed by atoms with E-state index in [4.69, 9.17) is 27.4 Å². The number of rotatable bonds is 7. The molecule has 1 aromatic heterocycles. The number of fused-ring (bicyclic) bond motifs is 1. The SMILES string of the molecule is Nc1nccn1Cc1cc2c(cc1Cl)C[C@H](CCCB(O)O)[C@@H]2C(=O)O. The van der Waals surface area contributed by atoms with Crippen molar-refractivity contribution in [3.63, 3.8) is 0 Å². The smallest absolute Gasteiger partial charge is 0.451 e. The summed E-state index contributed by atoms with van der Waals surface area (Å²) in [5, 5.41) is 28.3. The van der Waals surface area contributed by atoms with E-state index in [0.717, 1.165) is 16.7 Å². The van der Waals surface area contributed by atoms with Crippen LogP contribution in [0.15, 0.2) is 24.5 Å². The van der Waals surface area contributed by atoms with Gasteiger partial charge >= 0.3 is 13.1 Å². The number of carboxylic acid groups (broad SMARTS) is 1. The molecular weight excluding hydrogens is 356 g/mol. The maximum Gasteiger partial charge on any atom is 0.451 e. The maximum atomic E-state index is 11.9. The summed E-state index contributed by atoms with van der Waals surface area (Å²) in [6.45, 7) is 0.422. The summed E-state index contributed by atoms with van der Waals surface area (Å²) in [6.07, 6.45) is 5.39. The highest BCUT2D eigenvalue weighted by Crippen LogP contribution is 2.43. The van der Waals surface area contributed by atoms with Gasteiger partial charge in [0.2, 0.25) is 0 Å². The molecule has 0 radical (unpaired) electrons. The average molecular weight is 378 g/mol. The van der Waals surface area contributed by atoms with E-state index in [2.05, 4.69) is 4.98 Å². The lowest BCUT2D eigenvalue weighted by atomic mass is 9.80. The molecule has 0 bridgehead atoms. The fourth-order valence-corrected chi connectivity index (χ4v) is 3.99. The van der Waals surface area contributed by atoms with E-state index < -0.39 is 19.0 Å². The number of nitrogens with two attached hydrogens (primary N) is 1. The molecule has 138 valence electrons. The molecule has 2 aromatic rings. The zero-order valence-electron chi connectivity index (χ0n) is 14.2. The minimum atomic E-state index is -1.36. The second-order valence-electron chi connectivity index (χ2n) is 6.75. The first-order chi connectivity index (χ1) is 12.4. The summed E-state index contributed by atoms with van der Waals surface area (Å²) in [6, 6.07) is 3.70. The molecule has 0 unspecified atom stereocenters. The molecule has 1 heterocycles. The van der Waals surface area contributed by atoms with Crippen LogP contribution in [0.2, 0.25) is 11.3 Å². The van der Waals surface area contributed by atoms with Crippen LogP contribution in [-0.2, 0) is 17.8 Å². The zero-order chi connectivity index (χ0) is 18.8. The number of carboxylic acids is 1. The van der Waals surface area contributed by atoms with Crippen molar-refractivity contribution in [1.29, 1.82) is 0 Å². The van der Waals surface area contributed by atoms with Crippen LogP contribution >= 0.6 is 11.6 Å². The lowest BCUT2D eigenvalue weighted by molar-refractivity contribution is -0.139. The third-order valence-corrected chi connectivity index (χ3v) is 5.34. The molecule has 7 nitrogen and oxygen atoms in total. The Kier molecular flexibility index (Phi) is 5.55. The topological polar surface area (TPSA) is 122 Å². The van der Waals surface area contributed by atoms with Gasteiger partial charge in [0.25, 0.3) is 0 Å². The molecule has 0 saturated heterocycles. The first kappa shape index (κ1) is 18.8. The van der Waals surface area contributed by atoms with E-state index in [1.807, 2.05) is 12.1 Å². The van der Waals surface area contributed by atoms with Crippen LogP contribution in [0.1, 0.15) is 35.4 Å². The molecule has 0 saturated carbocycles. The quantitative estimate of drug-likeness (QED) is 0.545. The summed E-state index contributed by atoms with van der Waals surface area (Å²) in [7, 11) is -1.36. The van der Waals surface area contributed by atoms with E-state index >= 15 is 0 Å². The van der Waals surface area contributed by atoms with Gasteiger partial charge in [0, 0.05) is 17.4 Å². The predicted molar refractivity (Wildman–Crippen MR) is 99.0 cm³/mol. The Labute approximate surface area is 156 Å². The van der Waals surface area contributed by atoms with Gasteiger partial charge in [-0.3, -0.25) is 4.79 Å². The first-order valence-electron chi connectivity index (χ1n) is 8.53. The molecule has 1 aliphatic carbocycles. The van der Waals surface area contributed by atoms with Gasteiger partial charge in [0.15, 0.2) is 5.95 Å². The van der Waals surface area contributed by atoms with Crippen LogP contribution in [-0.4, -0.2) is 37.8 Å². The van der Waals surface area contributed by atoms with Crippen molar-refractivity contribution in [2.45, 2.75) is 38.0 Å². The second kappa shape index (κ2) is 7.69. The van der Waals surface area contributed by atoms with Crippen molar-refractivity contribution in [3.05, 3.63) is 46.2 Å². The van der Waals surface area contributed by atoms with Crippen LogP contribution in [0, 0.1) is 5.92 Å². The summed E-state index contributed by atoms with van der Waals surface area (Å²) >= 11 is 6.41. The minimum absolute atomic E-state index is 0.0779. The third kappa shape index (κ3) is 3.87. The molecule has 1 aliphatic rings. The van der Waals surface area contributed by atoms with Crippen LogP contribution < -0.4 is 5.73 Å². The van der Waals surface area contributed by atoms with E-state index in [-0.39, 0.29) is 12.2 Å². The average Bonchev–Trinajstić information content (AvgIpc) is 3.11. The number of imidazole rings is 1. The lowest BCUT2D eigenvalue weighted by Crippen LogP contribution is -2.19. The summed E-state index contributed by atoms with van der Waals surface area (Å²) in [4.78, 5) is 15.9. The number of nitrogen functional groups attached to an aromatic ring is 1. The van der Waals surface area contributed by atoms with Gasteiger partial charge < -0.3 is 25.5 Å². The highest BCUT2D eigenvalue weighted by Gasteiger charge is 2.38. The summed E-state index contributed by atoms with van der Waals surface area (Å²) in [5.41, 5.74) is 8.33. The second-order valence-corrected chi connectivity index (χ2v) is 7.15. The van der Waals surface area contributed by atoms with Crippen LogP contribution in [0.3, 0.4) is 0 Å². The van der Waals surface area contributed by atoms with Gasteiger partial charge in [0.05, 0.1) is 12.5 Å². The van der Waals surface area contributed by atoms with E-state index in [9.17, 15) is 9.90 Å². The Morgan fingerprint density at radius 1 is 1.42 bits per heavy atom. The first-order valence-corrected chi connectivity index (χ1v) is 8.91. The number of nitrogens with zero attached hydrogens (tertiary/aromatic N) is 2. The van der Waals surface area contributed by atoms with E-state index in [1.54, 1.807) is 17.0 Å². The number of hydrogen-bond donors (Lipinski definition) is 4. The van der Waals surface area contributed by atoms with Crippen molar-refractivity contribution in [2.24, 2.45) is 5.92 Å². The fraction of sp³-hybridized carbons (Fsp3) is 0.412. The highest BCUT2D eigenvalue weighted by molar-refractivity contribution is 6.40. The standard InChI is InChI=1S/C17H21BClN3O4/c19-14-8-11-6-10(2-1-3-18(25)26)15(16(23)24)13(11)7-12(14)9-22-5-4-21-17(22)20/h4-5,7-8,10,15,25-26H,1-3,6,9H2,(H2,20,21)(H,23,24)/t10-,15-/m0/s1. The molecule has 1 aromatic carbocycles. The van der Waals surface area contributed by atoms with Gasteiger partial charge in [-0.15, -0.1) is 0 Å². The summed E-state index contributed by atoms with van der Waals surface area (Å²) < 4.78 is 1.75. The van der Waals surface area contributed by atoms with Crippen molar-refractivity contribution >= 4 is 30.6 Å². The maximum absolute atomic E-state index is 11.9. The number of aliphatic carboxylic acids is 1. The van der Waals surface area contributed by atoms with Crippen LogP contribution in [0.25, 0.3) is 0 Å². The number of benzene rings is 1. The number of halogens is 1. The van der Waals surface area contributed by atoms with Crippen LogP contribution in [0.4, 0.5) is 5.95 Å². The van der Waals surface area contributed by atoms with Gasteiger partial charge in [-0.25, -0.2) is 4.98 Å². The van der Waals surface area contributed by atoms with Gasteiger partial charge in [-0.1, -0.05) is 24.1 Å². The van der Waals surface area contributed by atoms with E-state index in [0.29, 0.717) is 36.8 Å². The van der Waals surface area contributed by atoms with Crippen LogP contribution in [0.5, 0.6) is 0 Å². The Hall–Kier alpha value is -2.03. The zero-order valence-corrected chi connectivity index (χ0v) is 14.9. The Balaban J connectivity index is 1.85.